The van der Waals surface area contributed by atoms with Crippen molar-refractivity contribution in [2.75, 3.05) is 11.9 Å². The quantitative estimate of drug-likeness (QED) is 0.568. The maximum Gasteiger partial charge on any atom is 0.573 e. The third-order valence-electron chi connectivity index (χ3n) is 3.03. The van der Waals surface area contributed by atoms with Crippen LogP contribution in [0.4, 0.5) is 18.9 Å². The molecule has 0 atom stereocenters. The Bertz CT molecular complexity index is 766. The van der Waals surface area contributed by atoms with Crippen LogP contribution in [0.5, 0.6) is 11.5 Å². The first kappa shape index (κ1) is 19.1. The van der Waals surface area contributed by atoms with Crippen LogP contribution in [0.3, 0.4) is 0 Å². The van der Waals surface area contributed by atoms with Crippen LogP contribution in [0.1, 0.15) is 5.56 Å². The van der Waals surface area contributed by atoms with E-state index in [0.29, 0.717) is 18.0 Å². The minimum absolute atomic E-state index is 0.349. The highest BCUT2D eigenvalue weighted by Crippen LogP contribution is 2.24. The van der Waals surface area contributed by atoms with Crippen molar-refractivity contribution >= 4 is 17.7 Å². The maximum atomic E-state index is 12.1. The molecular weight excluding hydrogens is 347 g/mol. The van der Waals surface area contributed by atoms with Gasteiger partial charge in [0.1, 0.15) is 18.1 Å². The normalized spacial score (nSPS) is 11.2. The van der Waals surface area contributed by atoms with E-state index < -0.39 is 12.3 Å². The number of rotatable bonds is 7. The second kappa shape index (κ2) is 8.75. The number of benzene rings is 2. The molecule has 1 N–H and O–H groups in total. The average Bonchev–Trinajstić information content (AvgIpc) is 2.59. The number of nitrogens with one attached hydrogen (secondary N) is 1. The number of carbonyl (C=O) groups is 1. The summed E-state index contributed by atoms with van der Waals surface area (Å²) in [6, 6.07) is 12.0. The Kier molecular flexibility index (Phi) is 6.43. The summed E-state index contributed by atoms with van der Waals surface area (Å²) in [5.74, 6) is -0.0843. The predicted molar refractivity (Wildman–Crippen MR) is 92.9 cm³/mol. The fourth-order valence-corrected chi connectivity index (χ4v) is 1.93. The molecule has 2 rings (SSSR count). The van der Waals surface area contributed by atoms with E-state index in [-0.39, 0.29) is 5.75 Å². The van der Waals surface area contributed by atoms with Crippen LogP contribution >= 0.6 is 0 Å². The van der Waals surface area contributed by atoms with Crippen LogP contribution < -0.4 is 14.8 Å². The zero-order chi connectivity index (χ0) is 19.0. The summed E-state index contributed by atoms with van der Waals surface area (Å²) in [6.07, 6.45) is -0.187. The number of carbonyl (C=O) groups excluding carboxylic acids is 1. The summed E-state index contributed by atoms with van der Waals surface area (Å²) in [4.78, 5) is 11.9. The fourth-order valence-electron chi connectivity index (χ4n) is 1.93. The second-order valence-electron chi connectivity index (χ2n) is 5.06. The SMILES string of the molecule is C=CCOc1ccc(/C=C/C(=O)Nc2ccc(OC(F)(F)F)cc2)cc1. The Hall–Kier alpha value is -3.22. The molecule has 0 aliphatic carbocycles. The van der Waals surface area contributed by atoms with E-state index in [2.05, 4.69) is 16.6 Å². The molecule has 0 saturated carbocycles. The predicted octanol–water partition coefficient (Wildman–Crippen LogP) is 4.80. The zero-order valence-electron chi connectivity index (χ0n) is 13.6. The second-order valence-corrected chi connectivity index (χ2v) is 5.06. The number of ether oxygens (including phenoxy) is 2. The van der Waals surface area contributed by atoms with E-state index in [1.165, 1.54) is 18.2 Å². The fraction of sp³-hybridized carbons (Fsp3) is 0.105. The number of hydrogen-bond acceptors (Lipinski definition) is 3. The van der Waals surface area contributed by atoms with Crippen molar-refractivity contribution in [3.05, 3.63) is 72.8 Å². The Balaban J connectivity index is 1.89. The van der Waals surface area contributed by atoms with Gasteiger partial charge in [-0.15, -0.1) is 13.2 Å². The first-order valence-electron chi connectivity index (χ1n) is 7.54. The van der Waals surface area contributed by atoms with Crippen molar-refractivity contribution in [2.45, 2.75) is 6.36 Å². The smallest absolute Gasteiger partial charge is 0.490 e. The lowest BCUT2D eigenvalue weighted by molar-refractivity contribution is -0.274. The van der Waals surface area contributed by atoms with Crippen LogP contribution in [-0.4, -0.2) is 18.9 Å². The van der Waals surface area contributed by atoms with E-state index in [0.717, 1.165) is 17.7 Å². The highest BCUT2D eigenvalue weighted by atomic mass is 19.4. The van der Waals surface area contributed by atoms with Gasteiger partial charge in [0.2, 0.25) is 5.91 Å². The summed E-state index contributed by atoms with van der Waals surface area (Å²) in [5.41, 5.74) is 1.14. The van der Waals surface area contributed by atoms with Gasteiger partial charge in [-0.25, -0.2) is 0 Å². The van der Waals surface area contributed by atoms with Crippen LogP contribution in [-0.2, 0) is 4.79 Å². The topological polar surface area (TPSA) is 47.6 Å². The molecule has 26 heavy (non-hydrogen) atoms. The maximum absolute atomic E-state index is 12.1. The van der Waals surface area contributed by atoms with Gasteiger partial charge in [-0.2, -0.15) is 0 Å². The van der Waals surface area contributed by atoms with Gasteiger partial charge in [-0.05, 0) is 48.0 Å². The van der Waals surface area contributed by atoms with Crippen LogP contribution in [0.25, 0.3) is 6.08 Å². The molecule has 0 aliphatic heterocycles. The number of hydrogen-bond donors (Lipinski definition) is 1. The minimum Gasteiger partial charge on any atom is -0.490 e. The Morgan fingerprint density at radius 1 is 1.04 bits per heavy atom. The molecule has 2 aromatic rings. The molecule has 0 unspecified atom stereocenters. The van der Waals surface area contributed by atoms with Gasteiger partial charge in [0.05, 0.1) is 0 Å². The number of alkyl halides is 3. The van der Waals surface area contributed by atoms with E-state index in [1.54, 1.807) is 36.4 Å². The summed E-state index contributed by atoms with van der Waals surface area (Å²) in [7, 11) is 0. The number of amides is 1. The largest absolute Gasteiger partial charge is 0.573 e. The molecule has 136 valence electrons. The van der Waals surface area contributed by atoms with Gasteiger partial charge in [-0.3, -0.25) is 4.79 Å². The van der Waals surface area contributed by atoms with Crippen molar-refractivity contribution in [3.63, 3.8) is 0 Å². The van der Waals surface area contributed by atoms with Crippen molar-refractivity contribution in [1.82, 2.24) is 0 Å². The molecule has 0 aliphatic rings. The van der Waals surface area contributed by atoms with E-state index in [9.17, 15) is 18.0 Å². The van der Waals surface area contributed by atoms with Crippen molar-refractivity contribution < 1.29 is 27.4 Å². The lowest BCUT2D eigenvalue weighted by Gasteiger charge is -2.09. The molecule has 2 aromatic carbocycles. The first-order chi connectivity index (χ1) is 12.4. The highest BCUT2D eigenvalue weighted by Gasteiger charge is 2.30. The van der Waals surface area contributed by atoms with E-state index in [1.807, 2.05) is 0 Å². The molecule has 7 heteroatoms. The molecule has 0 heterocycles. The highest BCUT2D eigenvalue weighted by molar-refractivity contribution is 6.01. The summed E-state index contributed by atoms with van der Waals surface area (Å²) >= 11 is 0. The lowest BCUT2D eigenvalue weighted by atomic mass is 10.2. The van der Waals surface area contributed by atoms with Gasteiger partial charge < -0.3 is 14.8 Å². The van der Waals surface area contributed by atoms with Crippen molar-refractivity contribution in [3.8, 4) is 11.5 Å². The summed E-state index contributed by atoms with van der Waals surface area (Å²) in [6.45, 7) is 3.97. The monoisotopic (exact) mass is 363 g/mol. The third kappa shape index (κ3) is 6.72. The van der Waals surface area contributed by atoms with Crippen LogP contribution in [0.15, 0.2) is 67.3 Å². The molecule has 0 fully saturated rings. The average molecular weight is 363 g/mol. The molecule has 0 aromatic heterocycles. The Labute approximate surface area is 148 Å². The van der Waals surface area contributed by atoms with Crippen molar-refractivity contribution in [2.24, 2.45) is 0 Å². The van der Waals surface area contributed by atoms with Crippen LogP contribution in [0, 0.1) is 0 Å². The molecule has 0 bridgehead atoms. The zero-order valence-corrected chi connectivity index (χ0v) is 13.6. The van der Waals surface area contributed by atoms with E-state index in [4.69, 9.17) is 4.74 Å². The number of halogens is 3. The van der Waals surface area contributed by atoms with E-state index >= 15 is 0 Å². The van der Waals surface area contributed by atoms with Gasteiger partial charge in [0.15, 0.2) is 0 Å². The molecular formula is C19H16F3NO3. The molecule has 0 spiro atoms. The van der Waals surface area contributed by atoms with Crippen LogP contribution in [0.2, 0.25) is 0 Å². The standard InChI is InChI=1S/C19H16F3NO3/c1-2-13-25-16-8-3-14(4-9-16)5-12-18(24)23-15-6-10-17(11-7-15)26-19(20,21)22/h2-12H,1,13H2,(H,23,24)/b12-5+. The molecule has 1 amide bonds. The molecule has 0 saturated heterocycles. The first-order valence-corrected chi connectivity index (χ1v) is 7.54. The minimum atomic E-state index is -4.75. The third-order valence-corrected chi connectivity index (χ3v) is 3.03. The lowest BCUT2D eigenvalue weighted by Crippen LogP contribution is -2.17. The van der Waals surface area contributed by atoms with Gasteiger partial charge in [-0.1, -0.05) is 24.8 Å². The number of anilines is 1. The summed E-state index contributed by atoms with van der Waals surface area (Å²) < 4.78 is 45.4. The van der Waals surface area contributed by atoms with Gasteiger partial charge in [0, 0.05) is 11.8 Å². The Morgan fingerprint density at radius 2 is 1.65 bits per heavy atom. The van der Waals surface area contributed by atoms with Gasteiger partial charge >= 0.3 is 6.36 Å². The summed E-state index contributed by atoms with van der Waals surface area (Å²) in [5, 5.41) is 2.54. The molecule has 4 nitrogen and oxygen atoms in total. The Morgan fingerprint density at radius 3 is 2.23 bits per heavy atom. The van der Waals surface area contributed by atoms with Crippen molar-refractivity contribution in [1.29, 1.82) is 0 Å². The van der Waals surface area contributed by atoms with Gasteiger partial charge in [0.25, 0.3) is 0 Å². The molecule has 0 radical (unpaired) electrons.